The van der Waals surface area contributed by atoms with E-state index in [0.717, 1.165) is 12.1 Å². The summed E-state index contributed by atoms with van der Waals surface area (Å²) in [5, 5.41) is 53.5. The molecule has 0 unspecified atom stereocenters. The van der Waals surface area contributed by atoms with Gasteiger partial charge < -0.3 is 84.5 Å². The number of carboxylic acid groups (broad SMARTS) is 2. The highest BCUT2D eigenvalue weighted by molar-refractivity contribution is 8.00. The number of rotatable bonds is 21. The Bertz CT molecular complexity index is 2990. The highest BCUT2D eigenvalue weighted by Gasteiger charge is 2.37. The van der Waals surface area contributed by atoms with E-state index in [9.17, 15) is 96.8 Å². The summed E-state index contributed by atoms with van der Waals surface area (Å²) in [5.74, 6) is -18.1. The van der Waals surface area contributed by atoms with Gasteiger partial charge in [-0.25, -0.2) is 4.57 Å². The van der Waals surface area contributed by atoms with Crippen LogP contribution in [0.2, 0.25) is 0 Å². The van der Waals surface area contributed by atoms with E-state index in [0.29, 0.717) is 17.3 Å². The van der Waals surface area contributed by atoms with Gasteiger partial charge in [-0.3, -0.25) is 76.9 Å². The fourth-order valence-electron chi connectivity index (χ4n) is 8.68. The van der Waals surface area contributed by atoms with Crippen LogP contribution in [0.1, 0.15) is 83.8 Å². The first-order chi connectivity index (χ1) is 42.6. The zero-order chi connectivity index (χ0) is 68.3. The van der Waals surface area contributed by atoms with Crippen molar-refractivity contribution in [1.82, 2.24) is 53.2 Å². The molecule has 0 saturated carbocycles. The third-order valence-corrected chi connectivity index (χ3v) is 15.4. The molecule has 502 valence electrons. The van der Waals surface area contributed by atoms with Crippen LogP contribution in [0.15, 0.2) is 48.5 Å². The van der Waals surface area contributed by atoms with Gasteiger partial charge in [-0.2, -0.15) is 11.8 Å². The smallest absolute Gasteiger partial charge is 0.508 e. The molecule has 36 heteroatoms. The van der Waals surface area contributed by atoms with Crippen LogP contribution in [-0.2, 0) is 84.5 Å². The molecule has 1 aliphatic heterocycles. The number of benzene rings is 2. The molecule has 0 radical (unpaired) electrons. The van der Waals surface area contributed by atoms with Gasteiger partial charge in [-0.1, -0.05) is 52.0 Å². The van der Waals surface area contributed by atoms with Gasteiger partial charge in [0.15, 0.2) is 0 Å². The molecule has 0 aromatic heterocycles. The first-order valence-corrected chi connectivity index (χ1v) is 32.4. The number of phosphoric acid groups is 1. The molecule has 2 aromatic carbocycles. The molecule has 0 spiro atoms. The number of carboxylic acids is 2. The summed E-state index contributed by atoms with van der Waals surface area (Å²) in [6.07, 6.45) is -2.92. The van der Waals surface area contributed by atoms with Crippen molar-refractivity contribution in [2.75, 3.05) is 30.1 Å². The van der Waals surface area contributed by atoms with Gasteiger partial charge in [0.1, 0.15) is 65.9 Å². The zero-order valence-corrected chi connectivity index (χ0v) is 52.9. The molecule has 0 bridgehead atoms. The number of hydrogen-bond acceptors (Lipinski definition) is 19. The molecular weight excluding hydrogens is 1260 g/mol. The molecular formula is C55H79N12O21PS2. The Morgan fingerprint density at radius 2 is 1.03 bits per heavy atom. The Kier molecular flexibility index (Phi) is 31.7. The highest BCUT2D eigenvalue weighted by atomic mass is 32.2. The number of phenols is 1. The maximum Gasteiger partial charge on any atom is 0.524 e. The van der Waals surface area contributed by atoms with Crippen molar-refractivity contribution in [3.8, 4) is 11.5 Å². The number of carbonyl (C=O) groups is 14. The summed E-state index contributed by atoms with van der Waals surface area (Å²) in [6.45, 7) is 5.45. The molecule has 9 atom stereocenters. The van der Waals surface area contributed by atoms with Crippen molar-refractivity contribution >= 4 is 114 Å². The van der Waals surface area contributed by atoms with E-state index in [1.807, 2.05) is 0 Å². The number of phosphoric ester groups is 1. The average molecular weight is 1340 g/mol. The van der Waals surface area contributed by atoms with Gasteiger partial charge in [0, 0.05) is 31.4 Å². The van der Waals surface area contributed by atoms with Crippen molar-refractivity contribution in [2.24, 2.45) is 23.3 Å². The maximum absolute atomic E-state index is 14.4. The number of nitrogens with one attached hydrogen (secondary N) is 10. The molecule has 3 rings (SSSR count). The number of aromatic hydroxyl groups is 1. The van der Waals surface area contributed by atoms with Crippen LogP contribution in [0, 0.1) is 11.8 Å². The summed E-state index contributed by atoms with van der Waals surface area (Å²) in [5.41, 5.74) is 11.7. The average Bonchev–Trinajstić information content (AvgIpc) is 1.83. The molecule has 33 nitrogen and oxygen atoms in total. The van der Waals surface area contributed by atoms with Gasteiger partial charge in [-0.15, -0.1) is 11.8 Å². The first-order valence-electron chi connectivity index (χ1n) is 28.3. The first kappa shape index (κ1) is 76.7. The lowest BCUT2D eigenvalue weighted by molar-refractivity contribution is -0.139. The summed E-state index contributed by atoms with van der Waals surface area (Å²) in [6, 6.07) is -4.61. The van der Waals surface area contributed by atoms with E-state index in [2.05, 4.69) is 57.7 Å². The summed E-state index contributed by atoms with van der Waals surface area (Å²) < 4.78 is 16.1. The predicted molar refractivity (Wildman–Crippen MR) is 326 cm³/mol. The fourth-order valence-corrected chi connectivity index (χ4v) is 10.4. The van der Waals surface area contributed by atoms with Crippen LogP contribution >= 0.6 is 31.3 Å². The van der Waals surface area contributed by atoms with E-state index in [1.165, 1.54) is 62.0 Å². The van der Waals surface area contributed by atoms with Crippen LogP contribution in [0.4, 0.5) is 0 Å². The monoisotopic (exact) mass is 1340 g/mol. The van der Waals surface area contributed by atoms with E-state index in [1.54, 1.807) is 20.1 Å². The Morgan fingerprint density at radius 1 is 0.593 bits per heavy atom. The van der Waals surface area contributed by atoms with Crippen molar-refractivity contribution in [1.29, 1.82) is 0 Å². The largest absolute Gasteiger partial charge is 0.524 e. The Hall–Kier alpha value is -8.53. The van der Waals surface area contributed by atoms with Crippen molar-refractivity contribution in [3.63, 3.8) is 0 Å². The molecule has 12 amide bonds. The van der Waals surface area contributed by atoms with E-state index >= 15 is 0 Å². The van der Waals surface area contributed by atoms with E-state index < -0.39 is 201 Å². The van der Waals surface area contributed by atoms with Gasteiger partial charge >= 0.3 is 19.8 Å². The zero-order valence-electron chi connectivity index (χ0n) is 50.3. The SMILES string of the molecule is CSCC[C@H]1NC(=O)CNC(=O)[C@@H](C(C)C)NC(=O)[C@@H](CC(N)=O)NC(=O)[C@@H](CCC(=O)O)NC(=O)[C@@H](Cc2ccc(O)cc2)NC(=O)[C@@H](CC(C)C)NC(=O)[C@@H](CCC(=O)O)NC(=O)CSC[C@H](C(N)=O)NC(=O)[C@@H](Cc2ccc(OP(=O)(O)O)cc2)NC1=O. The number of carbonyl (C=O) groups excluding carboxylic acids is 12. The number of primary amides is 2. The summed E-state index contributed by atoms with van der Waals surface area (Å²) >= 11 is 1.97. The van der Waals surface area contributed by atoms with Crippen molar-refractivity contribution in [2.45, 2.75) is 140 Å². The van der Waals surface area contributed by atoms with Crippen molar-refractivity contribution in [3.05, 3.63) is 59.7 Å². The number of thioether (sulfide) groups is 2. The minimum absolute atomic E-state index is 0.0801. The van der Waals surface area contributed by atoms with Crippen LogP contribution in [0.25, 0.3) is 0 Å². The van der Waals surface area contributed by atoms with Gasteiger partial charge in [-0.05, 0) is 84.9 Å². The second-order valence-corrected chi connectivity index (χ2v) is 24.9. The topological polar surface area (TPSA) is 539 Å². The number of aliphatic carboxylic acids is 2. The minimum Gasteiger partial charge on any atom is -0.508 e. The Morgan fingerprint density at radius 3 is 1.52 bits per heavy atom. The van der Waals surface area contributed by atoms with Crippen LogP contribution in [0.5, 0.6) is 11.5 Å². The van der Waals surface area contributed by atoms with Gasteiger partial charge in [0.05, 0.1) is 18.7 Å². The predicted octanol–water partition coefficient (Wildman–Crippen LogP) is -3.58. The molecule has 1 fully saturated rings. The van der Waals surface area contributed by atoms with E-state index in [-0.39, 0.29) is 54.4 Å². The van der Waals surface area contributed by atoms with Crippen LogP contribution < -0.4 is 69.2 Å². The molecule has 2 aromatic rings. The molecule has 1 heterocycles. The third kappa shape index (κ3) is 28.9. The second-order valence-electron chi connectivity index (χ2n) is 21.7. The second kappa shape index (κ2) is 37.6. The maximum atomic E-state index is 14.4. The van der Waals surface area contributed by atoms with Crippen molar-refractivity contribution < 1.29 is 101 Å². The summed E-state index contributed by atoms with van der Waals surface area (Å²) in [4.78, 5) is 208. The normalized spacial score (nSPS) is 23.1. The van der Waals surface area contributed by atoms with Gasteiger partial charge in [0.2, 0.25) is 70.9 Å². The molecule has 19 N–H and O–H groups in total. The molecule has 1 saturated heterocycles. The summed E-state index contributed by atoms with van der Waals surface area (Å²) in [7, 11) is -5.00. The molecule has 91 heavy (non-hydrogen) atoms. The van der Waals surface area contributed by atoms with E-state index in [4.69, 9.17) is 11.5 Å². The molecule has 1 aliphatic rings. The quantitative estimate of drug-likeness (QED) is 0.0538. The number of phenolic OH excluding ortho intramolecular Hbond substituents is 1. The van der Waals surface area contributed by atoms with Gasteiger partial charge in [0.25, 0.3) is 0 Å². The fraction of sp³-hybridized carbons (Fsp3) is 0.527. The number of amides is 12. The third-order valence-electron chi connectivity index (χ3n) is 13.3. The standard InChI is InChI=1S/C55H79N12O21PS2/c1-27(2)20-36-51(80)64-37(21-29-6-10-31(68)11-7-29)52(81)61-34(15-17-45(74)75)49(78)65-39(23-41(56)69)54(83)67-46(28(3)4)55(84)58-24-42(70)59-35(18-19-90-5)50(79)63-38(22-30-8-12-32(13-9-30)88-89(85,86)87)53(82)66-40(47(57)76)25-91-26-43(71)60-33(48(77)62-36)14-16-44(72)73/h6-13,27-28,33-40,46,68H,14-26H2,1-5H3,(H2,56,69)(H2,57,76)(H,58,84)(H,59,70)(H,60,71)(H,61,81)(H,62,77)(H,63,79)(H,64,80)(H,65,78)(H,66,82)(H,67,83)(H,72,73)(H,74,75)(H2,85,86,87)/t33-,34-,35-,36-,37-,38-,39-,40-,46-/m1/s1. The van der Waals surface area contributed by atoms with Crippen LogP contribution in [0.3, 0.4) is 0 Å². The highest BCUT2D eigenvalue weighted by Crippen LogP contribution is 2.37. The lowest BCUT2D eigenvalue weighted by Gasteiger charge is -2.28. The number of hydrogen-bond donors (Lipinski definition) is 17. The minimum atomic E-state index is -5.00. The molecule has 0 aliphatic carbocycles. The lowest BCUT2D eigenvalue weighted by atomic mass is 9.99. The van der Waals surface area contributed by atoms with Crippen LogP contribution in [-0.4, -0.2) is 192 Å². The number of nitrogens with two attached hydrogens (primary N) is 2. The lowest BCUT2D eigenvalue weighted by Crippen LogP contribution is -2.61. The Balaban J connectivity index is 2.20. The Labute approximate surface area is 530 Å².